The van der Waals surface area contributed by atoms with E-state index in [4.69, 9.17) is 0 Å². The first kappa shape index (κ1) is 20.0. The third-order valence-electron chi connectivity index (χ3n) is 4.85. The minimum absolute atomic E-state index is 0.00239. The number of carbonyl (C=O) groups is 1. The number of fused-ring (bicyclic) bond motifs is 1. The van der Waals surface area contributed by atoms with E-state index < -0.39 is 10.0 Å². The lowest BCUT2D eigenvalue weighted by atomic mass is 10.1. The number of hydrogen-bond donors (Lipinski definition) is 0. The van der Waals surface area contributed by atoms with Crippen LogP contribution >= 0.6 is 15.9 Å². The molecule has 1 aliphatic heterocycles. The fraction of sp³-hybridized carbons (Fsp3) is 0.350. The molecule has 1 atom stereocenters. The predicted octanol–water partition coefficient (Wildman–Crippen LogP) is 3.75. The number of nitrogens with zero attached hydrogens (tertiary/aromatic N) is 2. The molecule has 1 heterocycles. The highest BCUT2D eigenvalue weighted by molar-refractivity contribution is 9.10. The quantitative estimate of drug-likeness (QED) is 0.696. The maximum absolute atomic E-state index is 13.0. The molecule has 0 bridgehead atoms. The molecule has 0 spiro atoms. The second-order valence-electron chi connectivity index (χ2n) is 6.83. The Kier molecular flexibility index (Phi) is 5.74. The summed E-state index contributed by atoms with van der Waals surface area (Å²) in [4.78, 5) is 14.9. The van der Waals surface area contributed by atoms with Crippen LogP contribution in [0, 0.1) is 6.92 Å². The lowest BCUT2D eigenvalue weighted by Gasteiger charge is -2.27. The molecule has 2 aromatic rings. The highest BCUT2D eigenvalue weighted by atomic mass is 79.9. The van der Waals surface area contributed by atoms with Crippen LogP contribution in [0.1, 0.15) is 25.0 Å². The SMILES string of the molecule is CCN(CC(=O)N1c2ccc(Br)cc2C[C@@H]1C)S(=O)(=O)c1ccc(C)cc1. The Balaban J connectivity index is 1.85. The molecular formula is C20H23BrN2O3S. The van der Waals surface area contributed by atoms with Crippen molar-refractivity contribution in [3.63, 3.8) is 0 Å². The Hall–Kier alpha value is -1.70. The average molecular weight is 451 g/mol. The lowest BCUT2D eigenvalue weighted by molar-refractivity contribution is -0.119. The zero-order chi connectivity index (χ0) is 19.8. The summed E-state index contributed by atoms with van der Waals surface area (Å²) in [7, 11) is -3.72. The fourth-order valence-corrected chi connectivity index (χ4v) is 5.24. The molecular weight excluding hydrogens is 428 g/mol. The largest absolute Gasteiger partial charge is 0.308 e. The van der Waals surface area contributed by atoms with Gasteiger partial charge < -0.3 is 4.90 Å². The van der Waals surface area contributed by atoms with E-state index in [9.17, 15) is 13.2 Å². The Bertz CT molecular complexity index is 958. The van der Waals surface area contributed by atoms with Gasteiger partial charge in [-0.15, -0.1) is 0 Å². The first-order valence-electron chi connectivity index (χ1n) is 8.91. The van der Waals surface area contributed by atoms with Gasteiger partial charge in [0, 0.05) is 22.7 Å². The lowest BCUT2D eigenvalue weighted by Crippen LogP contribution is -2.45. The maximum Gasteiger partial charge on any atom is 0.243 e. The molecule has 0 saturated carbocycles. The number of hydrogen-bond acceptors (Lipinski definition) is 3. The van der Waals surface area contributed by atoms with E-state index in [1.807, 2.05) is 32.0 Å². The van der Waals surface area contributed by atoms with Crippen LogP contribution in [0.5, 0.6) is 0 Å². The maximum atomic E-state index is 13.0. The molecule has 144 valence electrons. The van der Waals surface area contributed by atoms with Gasteiger partial charge in [-0.2, -0.15) is 4.31 Å². The van der Waals surface area contributed by atoms with Crippen molar-refractivity contribution in [2.24, 2.45) is 0 Å². The zero-order valence-corrected chi connectivity index (χ0v) is 18.0. The van der Waals surface area contributed by atoms with Crippen LogP contribution in [0.15, 0.2) is 51.8 Å². The Morgan fingerprint density at radius 1 is 1.22 bits per heavy atom. The second kappa shape index (κ2) is 7.73. The van der Waals surface area contributed by atoms with Gasteiger partial charge in [-0.25, -0.2) is 8.42 Å². The topological polar surface area (TPSA) is 57.7 Å². The van der Waals surface area contributed by atoms with Gasteiger partial charge in [0.05, 0.1) is 11.4 Å². The normalized spacial score (nSPS) is 16.6. The van der Waals surface area contributed by atoms with Crippen molar-refractivity contribution in [2.75, 3.05) is 18.0 Å². The van der Waals surface area contributed by atoms with Gasteiger partial charge in [-0.1, -0.05) is 40.5 Å². The number of rotatable bonds is 5. The van der Waals surface area contributed by atoms with Crippen LogP contribution in [-0.4, -0.2) is 37.8 Å². The van der Waals surface area contributed by atoms with Crippen LogP contribution in [-0.2, 0) is 21.2 Å². The fourth-order valence-electron chi connectivity index (χ4n) is 3.43. The Morgan fingerprint density at radius 2 is 1.89 bits per heavy atom. The number of likely N-dealkylation sites (N-methyl/N-ethyl adjacent to an activating group) is 1. The number of sulfonamides is 1. The Labute approximate surface area is 169 Å². The molecule has 2 aromatic carbocycles. The van der Waals surface area contributed by atoms with Gasteiger partial charge in [-0.3, -0.25) is 4.79 Å². The minimum Gasteiger partial charge on any atom is -0.308 e. The molecule has 27 heavy (non-hydrogen) atoms. The Morgan fingerprint density at radius 3 is 2.52 bits per heavy atom. The van der Waals surface area contributed by atoms with E-state index in [0.717, 1.165) is 27.7 Å². The summed E-state index contributed by atoms with van der Waals surface area (Å²) in [6.45, 7) is 5.69. The van der Waals surface area contributed by atoms with Crippen molar-refractivity contribution in [1.29, 1.82) is 0 Å². The molecule has 0 fully saturated rings. The molecule has 0 unspecified atom stereocenters. The molecule has 0 saturated heterocycles. The van der Waals surface area contributed by atoms with Crippen molar-refractivity contribution >= 4 is 37.5 Å². The smallest absolute Gasteiger partial charge is 0.243 e. The van der Waals surface area contributed by atoms with Crippen LogP contribution in [0.3, 0.4) is 0 Å². The van der Waals surface area contributed by atoms with E-state index in [-0.39, 0.29) is 29.9 Å². The number of carbonyl (C=O) groups excluding carboxylic acids is 1. The van der Waals surface area contributed by atoms with E-state index in [1.165, 1.54) is 4.31 Å². The second-order valence-corrected chi connectivity index (χ2v) is 9.69. The summed E-state index contributed by atoms with van der Waals surface area (Å²) in [5.74, 6) is -0.207. The van der Waals surface area contributed by atoms with E-state index in [1.54, 1.807) is 36.1 Å². The number of anilines is 1. The standard InChI is InChI=1S/C20H23BrN2O3S/c1-4-22(27(25,26)18-8-5-14(2)6-9-18)13-20(24)23-15(3)11-16-12-17(21)7-10-19(16)23/h5-10,12,15H,4,11,13H2,1-3H3/t15-/m0/s1. The van der Waals surface area contributed by atoms with Gasteiger partial charge in [0.25, 0.3) is 0 Å². The first-order chi connectivity index (χ1) is 12.7. The summed E-state index contributed by atoms with van der Waals surface area (Å²) in [5, 5.41) is 0. The summed E-state index contributed by atoms with van der Waals surface area (Å²) in [6.07, 6.45) is 0.761. The molecule has 1 amide bonds. The van der Waals surface area contributed by atoms with Gasteiger partial charge >= 0.3 is 0 Å². The molecule has 0 radical (unpaired) electrons. The predicted molar refractivity (Wildman–Crippen MR) is 110 cm³/mol. The van der Waals surface area contributed by atoms with Crippen LogP contribution in [0.4, 0.5) is 5.69 Å². The molecule has 0 aliphatic carbocycles. The van der Waals surface area contributed by atoms with Crippen molar-refractivity contribution in [2.45, 2.75) is 38.1 Å². The van der Waals surface area contributed by atoms with Crippen molar-refractivity contribution in [3.05, 3.63) is 58.1 Å². The van der Waals surface area contributed by atoms with Gasteiger partial charge in [0.15, 0.2) is 0 Å². The monoisotopic (exact) mass is 450 g/mol. The molecule has 3 rings (SSSR count). The molecule has 7 heteroatoms. The third kappa shape index (κ3) is 3.95. The summed E-state index contributed by atoms with van der Waals surface area (Å²) in [6, 6.07) is 12.5. The number of aryl methyl sites for hydroxylation is 1. The summed E-state index contributed by atoms with van der Waals surface area (Å²) in [5.41, 5.74) is 2.94. The molecule has 0 N–H and O–H groups in total. The van der Waals surface area contributed by atoms with Gasteiger partial charge in [-0.05, 0) is 56.2 Å². The van der Waals surface area contributed by atoms with Crippen molar-refractivity contribution in [3.8, 4) is 0 Å². The third-order valence-corrected chi connectivity index (χ3v) is 7.28. The first-order valence-corrected chi connectivity index (χ1v) is 11.1. The number of halogens is 1. The minimum atomic E-state index is -3.72. The van der Waals surface area contributed by atoms with Gasteiger partial charge in [0.1, 0.15) is 0 Å². The summed E-state index contributed by atoms with van der Waals surface area (Å²) >= 11 is 3.46. The molecule has 1 aliphatic rings. The van der Waals surface area contributed by atoms with E-state index >= 15 is 0 Å². The molecule has 0 aromatic heterocycles. The van der Waals surface area contributed by atoms with Crippen LogP contribution in [0.25, 0.3) is 0 Å². The molecule has 5 nitrogen and oxygen atoms in total. The number of amides is 1. The van der Waals surface area contributed by atoms with Crippen molar-refractivity contribution < 1.29 is 13.2 Å². The average Bonchev–Trinajstić information content (AvgIpc) is 2.94. The highest BCUT2D eigenvalue weighted by Crippen LogP contribution is 2.34. The highest BCUT2D eigenvalue weighted by Gasteiger charge is 2.34. The summed E-state index contributed by atoms with van der Waals surface area (Å²) < 4.78 is 28.1. The van der Waals surface area contributed by atoms with Crippen LogP contribution in [0.2, 0.25) is 0 Å². The zero-order valence-electron chi connectivity index (χ0n) is 15.6. The van der Waals surface area contributed by atoms with Crippen LogP contribution < -0.4 is 4.90 Å². The van der Waals surface area contributed by atoms with Crippen molar-refractivity contribution in [1.82, 2.24) is 4.31 Å². The van der Waals surface area contributed by atoms with E-state index in [2.05, 4.69) is 15.9 Å². The van der Waals surface area contributed by atoms with E-state index in [0.29, 0.717) is 0 Å². The van der Waals surface area contributed by atoms with Gasteiger partial charge in [0.2, 0.25) is 15.9 Å². The number of benzene rings is 2.